The van der Waals surface area contributed by atoms with E-state index in [1.54, 1.807) is 4.90 Å². The Hall–Kier alpha value is -2.66. The predicted molar refractivity (Wildman–Crippen MR) is 106 cm³/mol. The molecule has 1 aromatic heterocycles. The number of halogens is 3. The van der Waals surface area contributed by atoms with Crippen molar-refractivity contribution in [1.82, 2.24) is 19.8 Å². The Kier molecular flexibility index (Phi) is 6.15. The monoisotopic (exact) mass is 439 g/mol. The molecule has 2 N–H and O–H groups in total. The van der Waals surface area contributed by atoms with Crippen LogP contribution in [0.2, 0.25) is 0 Å². The molecule has 0 bridgehead atoms. The molecule has 11 heteroatoms. The van der Waals surface area contributed by atoms with Crippen molar-refractivity contribution in [2.75, 3.05) is 44.7 Å². The van der Waals surface area contributed by atoms with Crippen LogP contribution in [0.1, 0.15) is 25.1 Å². The zero-order valence-corrected chi connectivity index (χ0v) is 16.9. The van der Waals surface area contributed by atoms with Crippen molar-refractivity contribution in [2.24, 2.45) is 0 Å². The lowest BCUT2D eigenvalue weighted by Crippen LogP contribution is -2.54. The third kappa shape index (κ3) is 4.99. The molecule has 0 radical (unpaired) electrons. The van der Waals surface area contributed by atoms with Crippen molar-refractivity contribution in [2.45, 2.75) is 31.5 Å². The van der Waals surface area contributed by atoms with Crippen LogP contribution in [0.3, 0.4) is 0 Å². The molecule has 2 aliphatic rings. The number of nitrogens with one attached hydrogen (secondary N) is 2. The largest absolute Gasteiger partial charge is 0.449 e. The van der Waals surface area contributed by atoms with Gasteiger partial charge in [0.25, 0.3) is 0 Å². The highest BCUT2D eigenvalue weighted by Crippen LogP contribution is 2.29. The topological polar surface area (TPSA) is 90.6 Å². The third-order valence-corrected chi connectivity index (χ3v) is 5.60. The Bertz CT molecular complexity index is 955. The molecule has 1 unspecified atom stereocenters. The summed E-state index contributed by atoms with van der Waals surface area (Å²) >= 11 is 0. The van der Waals surface area contributed by atoms with Gasteiger partial charge in [-0.3, -0.25) is 14.5 Å². The Morgan fingerprint density at radius 1 is 1.19 bits per heavy atom. The van der Waals surface area contributed by atoms with Gasteiger partial charge in [-0.05, 0) is 37.6 Å². The fourth-order valence-corrected chi connectivity index (χ4v) is 4.06. The quantitative estimate of drug-likeness (QED) is 0.763. The fraction of sp³-hybridized carbons (Fsp3) is 0.550. The summed E-state index contributed by atoms with van der Waals surface area (Å²) in [5, 5.41) is 2.71. The zero-order chi connectivity index (χ0) is 22.0. The molecule has 1 atom stereocenters. The van der Waals surface area contributed by atoms with Gasteiger partial charge >= 0.3 is 6.18 Å². The maximum Gasteiger partial charge on any atom is 0.449 e. The number of imidazole rings is 1. The minimum Gasteiger partial charge on any atom is -0.378 e. The van der Waals surface area contributed by atoms with E-state index in [9.17, 15) is 22.8 Å². The van der Waals surface area contributed by atoms with Gasteiger partial charge in [0.2, 0.25) is 17.6 Å². The van der Waals surface area contributed by atoms with Crippen LogP contribution in [0.25, 0.3) is 11.0 Å². The van der Waals surface area contributed by atoms with Gasteiger partial charge in [-0.2, -0.15) is 13.2 Å². The molecule has 8 nitrogen and oxygen atoms in total. The number of amides is 2. The molecule has 0 spiro atoms. The fourth-order valence-electron chi connectivity index (χ4n) is 4.06. The Labute approximate surface area is 176 Å². The van der Waals surface area contributed by atoms with Gasteiger partial charge < -0.3 is 19.9 Å². The molecule has 3 heterocycles. The SMILES string of the molecule is O=C(CN1CCCCC1C(=O)N1CCOCC1)Nc1ccc2nc(C(F)(F)F)[nH]c2c1. The van der Waals surface area contributed by atoms with E-state index >= 15 is 0 Å². The number of hydrogen-bond donors (Lipinski definition) is 2. The number of benzene rings is 1. The number of piperidine rings is 1. The number of hydrogen-bond acceptors (Lipinski definition) is 5. The van der Waals surface area contributed by atoms with E-state index in [-0.39, 0.29) is 35.4 Å². The Balaban J connectivity index is 1.41. The van der Waals surface area contributed by atoms with E-state index in [0.29, 0.717) is 45.0 Å². The molecule has 2 aromatic rings. The number of aromatic amines is 1. The second kappa shape index (κ2) is 8.83. The van der Waals surface area contributed by atoms with Gasteiger partial charge in [0, 0.05) is 18.8 Å². The highest BCUT2D eigenvalue weighted by Gasteiger charge is 2.35. The summed E-state index contributed by atoms with van der Waals surface area (Å²) in [7, 11) is 0. The summed E-state index contributed by atoms with van der Waals surface area (Å²) in [4.78, 5) is 35.0. The number of H-pyrrole nitrogens is 1. The van der Waals surface area contributed by atoms with Crippen molar-refractivity contribution in [1.29, 1.82) is 0 Å². The second-order valence-electron chi connectivity index (χ2n) is 7.78. The van der Waals surface area contributed by atoms with Gasteiger partial charge in [0.15, 0.2) is 0 Å². The first kappa shape index (κ1) is 21.6. The van der Waals surface area contributed by atoms with Crippen LogP contribution >= 0.6 is 0 Å². The molecular weight excluding hydrogens is 415 g/mol. The second-order valence-corrected chi connectivity index (χ2v) is 7.78. The number of fused-ring (bicyclic) bond motifs is 1. The first-order chi connectivity index (χ1) is 14.8. The normalized spacial score (nSPS) is 20.7. The summed E-state index contributed by atoms with van der Waals surface area (Å²) in [5.74, 6) is -1.38. The molecule has 0 saturated carbocycles. The van der Waals surface area contributed by atoms with Gasteiger partial charge in [-0.15, -0.1) is 0 Å². The summed E-state index contributed by atoms with van der Waals surface area (Å²) in [6, 6.07) is 4.00. The summed E-state index contributed by atoms with van der Waals surface area (Å²) in [5.41, 5.74) is 0.712. The molecule has 168 valence electrons. The highest BCUT2D eigenvalue weighted by molar-refractivity contribution is 5.94. The Morgan fingerprint density at radius 2 is 1.97 bits per heavy atom. The molecule has 2 fully saturated rings. The van der Waals surface area contributed by atoms with Gasteiger partial charge in [-0.25, -0.2) is 4.98 Å². The number of alkyl halides is 3. The number of rotatable bonds is 4. The molecular formula is C20H24F3N5O3. The molecule has 2 aliphatic heterocycles. The maximum absolute atomic E-state index is 12.9. The number of likely N-dealkylation sites (tertiary alicyclic amines) is 1. The van der Waals surface area contributed by atoms with E-state index in [0.717, 1.165) is 12.8 Å². The van der Waals surface area contributed by atoms with E-state index < -0.39 is 12.0 Å². The van der Waals surface area contributed by atoms with Crippen molar-refractivity contribution in [3.63, 3.8) is 0 Å². The summed E-state index contributed by atoms with van der Waals surface area (Å²) in [6.07, 6.45) is -2.04. The predicted octanol–water partition coefficient (Wildman–Crippen LogP) is 2.23. The molecule has 31 heavy (non-hydrogen) atoms. The average Bonchev–Trinajstić information content (AvgIpc) is 3.18. The average molecular weight is 439 g/mol. The third-order valence-electron chi connectivity index (χ3n) is 5.60. The molecule has 2 saturated heterocycles. The van der Waals surface area contributed by atoms with E-state index in [4.69, 9.17) is 4.74 Å². The van der Waals surface area contributed by atoms with Crippen molar-refractivity contribution < 1.29 is 27.5 Å². The van der Waals surface area contributed by atoms with Gasteiger partial charge in [0.1, 0.15) is 0 Å². The lowest BCUT2D eigenvalue weighted by molar-refractivity contribution is -0.144. The molecule has 2 amide bonds. The summed E-state index contributed by atoms with van der Waals surface area (Å²) < 4.78 is 43.8. The first-order valence-electron chi connectivity index (χ1n) is 10.3. The van der Waals surface area contributed by atoms with E-state index in [1.807, 2.05) is 4.90 Å². The van der Waals surface area contributed by atoms with Crippen LogP contribution in [0, 0.1) is 0 Å². The van der Waals surface area contributed by atoms with E-state index in [1.165, 1.54) is 18.2 Å². The first-order valence-corrected chi connectivity index (χ1v) is 10.3. The zero-order valence-electron chi connectivity index (χ0n) is 16.9. The summed E-state index contributed by atoms with van der Waals surface area (Å²) in [6.45, 7) is 2.83. The number of carbonyl (C=O) groups is 2. The highest BCUT2D eigenvalue weighted by atomic mass is 19.4. The van der Waals surface area contributed by atoms with Crippen LogP contribution in [-0.4, -0.2) is 77.0 Å². The van der Waals surface area contributed by atoms with Crippen molar-refractivity contribution in [3.8, 4) is 0 Å². The number of aromatic nitrogens is 2. The smallest absolute Gasteiger partial charge is 0.378 e. The molecule has 1 aromatic carbocycles. The number of nitrogens with zero attached hydrogens (tertiary/aromatic N) is 3. The van der Waals surface area contributed by atoms with Crippen molar-refractivity contribution >= 4 is 28.5 Å². The minimum atomic E-state index is -4.57. The van der Waals surface area contributed by atoms with Crippen LogP contribution in [-0.2, 0) is 20.5 Å². The van der Waals surface area contributed by atoms with Gasteiger partial charge in [0.05, 0.1) is 36.8 Å². The lowest BCUT2D eigenvalue weighted by atomic mass is 10.0. The van der Waals surface area contributed by atoms with Crippen molar-refractivity contribution in [3.05, 3.63) is 24.0 Å². The van der Waals surface area contributed by atoms with Crippen LogP contribution in [0.5, 0.6) is 0 Å². The standard InChI is InChI=1S/C20H24F3N5O3/c21-20(22,23)19-25-14-5-4-13(11-15(14)26-19)24-17(29)12-28-6-2-1-3-16(28)18(30)27-7-9-31-10-8-27/h4-5,11,16H,1-3,6-10,12H2,(H,24,29)(H,25,26). The minimum absolute atomic E-state index is 0.0226. The number of morpholine rings is 1. The van der Waals surface area contributed by atoms with Crippen LogP contribution in [0.15, 0.2) is 18.2 Å². The Morgan fingerprint density at radius 3 is 2.71 bits per heavy atom. The lowest BCUT2D eigenvalue weighted by Gasteiger charge is -2.38. The molecule has 0 aliphatic carbocycles. The maximum atomic E-state index is 12.9. The van der Waals surface area contributed by atoms with E-state index in [2.05, 4.69) is 15.3 Å². The number of carbonyl (C=O) groups excluding carboxylic acids is 2. The number of ether oxygens (including phenoxy) is 1. The number of anilines is 1. The van der Waals surface area contributed by atoms with Crippen LogP contribution < -0.4 is 5.32 Å². The van der Waals surface area contributed by atoms with Crippen LogP contribution in [0.4, 0.5) is 18.9 Å². The molecule has 4 rings (SSSR count). The van der Waals surface area contributed by atoms with Gasteiger partial charge in [-0.1, -0.05) is 6.42 Å².